The molecule has 0 radical (unpaired) electrons. The molecule has 0 bridgehead atoms. The van der Waals surface area contributed by atoms with E-state index in [-0.39, 0.29) is 18.9 Å². The number of carbonyl (C=O) groups is 2. The molecule has 0 spiro atoms. The number of benzene rings is 1. The van der Waals surface area contributed by atoms with Gasteiger partial charge in [0.1, 0.15) is 5.75 Å². The molecule has 7 heteroatoms. The van der Waals surface area contributed by atoms with Crippen molar-refractivity contribution in [3.8, 4) is 11.8 Å². The van der Waals surface area contributed by atoms with E-state index >= 15 is 0 Å². The molecule has 1 aromatic heterocycles. The Bertz CT molecular complexity index is 720. The van der Waals surface area contributed by atoms with Gasteiger partial charge in [-0.1, -0.05) is 6.07 Å². The molecule has 0 saturated carbocycles. The van der Waals surface area contributed by atoms with Gasteiger partial charge in [0.15, 0.2) is 6.61 Å². The lowest BCUT2D eigenvalue weighted by molar-refractivity contribution is -0.141. The predicted molar refractivity (Wildman–Crippen MR) is 88.5 cm³/mol. The van der Waals surface area contributed by atoms with E-state index in [0.717, 1.165) is 4.88 Å². The summed E-state index contributed by atoms with van der Waals surface area (Å²) in [5, 5.41) is 13.4. The van der Waals surface area contributed by atoms with Gasteiger partial charge in [-0.25, -0.2) is 0 Å². The Morgan fingerprint density at radius 2 is 2.04 bits per heavy atom. The molecule has 0 aliphatic carbocycles. The number of nitriles is 1. The largest absolute Gasteiger partial charge is 0.484 e. The second-order valence-electron chi connectivity index (χ2n) is 4.84. The van der Waals surface area contributed by atoms with E-state index in [1.807, 2.05) is 23.6 Å². The highest BCUT2D eigenvalue weighted by atomic mass is 32.1. The molecular weight excluding hydrogens is 328 g/mol. The highest BCUT2D eigenvalue weighted by Crippen LogP contribution is 2.22. The van der Waals surface area contributed by atoms with Crippen molar-refractivity contribution in [3.63, 3.8) is 0 Å². The molecule has 1 amide bonds. The predicted octanol–water partition coefficient (Wildman–Crippen LogP) is 2.42. The van der Waals surface area contributed by atoms with E-state index < -0.39 is 12.0 Å². The number of esters is 1. The van der Waals surface area contributed by atoms with Gasteiger partial charge in [-0.05, 0) is 35.7 Å². The number of methoxy groups -OCH3 is 1. The van der Waals surface area contributed by atoms with Crippen LogP contribution >= 0.6 is 11.3 Å². The van der Waals surface area contributed by atoms with Gasteiger partial charge in [0.25, 0.3) is 5.91 Å². The van der Waals surface area contributed by atoms with E-state index in [1.54, 1.807) is 24.3 Å². The lowest BCUT2D eigenvalue weighted by Crippen LogP contribution is -2.33. The van der Waals surface area contributed by atoms with Crippen LogP contribution in [0.15, 0.2) is 41.8 Å². The smallest absolute Gasteiger partial charge is 0.307 e. The zero-order valence-electron chi connectivity index (χ0n) is 13.0. The first-order valence-corrected chi connectivity index (χ1v) is 8.03. The Kier molecular flexibility index (Phi) is 6.34. The third-order valence-corrected chi connectivity index (χ3v) is 4.16. The third-order valence-electron chi connectivity index (χ3n) is 3.17. The lowest BCUT2D eigenvalue weighted by Gasteiger charge is -2.16. The van der Waals surface area contributed by atoms with Crippen LogP contribution in [0.2, 0.25) is 0 Å². The summed E-state index contributed by atoms with van der Waals surface area (Å²) in [5.74, 6) is -0.256. The van der Waals surface area contributed by atoms with Gasteiger partial charge < -0.3 is 14.8 Å². The van der Waals surface area contributed by atoms with Crippen molar-refractivity contribution < 1.29 is 19.1 Å². The van der Waals surface area contributed by atoms with Crippen molar-refractivity contribution in [3.05, 3.63) is 52.2 Å². The maximum Gasteiger partial charge on any atom is 0.307 e. The molecule has 0 aliphatic rings. The van der Waals surface area contributed by atoms with Crippen molar-refractivity contribution in [2.45, 2.75) is 12.5 Å². The number of nitrogens with zero attached hydrogens (tertiary/aromatic N) is 1. The molecule has 1 aromatic carbocycles. The first-order valence-electron chi connectivity index (χ1n) is 7.15. The Hall–Kier alpha value is -2.85. The molecule has 2 rings (SSSR count). The fraction of sp³-hybridized carbons (Fsp3) is 0.235. The van der Waals surface area contributed by atoms with Gasteiger partial charge in [-0.3, -0.25) is 9.59 Å². The number of rotatable bonds is 7. The summed E-state index contributed by atoms with van der Waals surface area (Å²) in [6.07, 6.45) is 0.0552. The van der Waals surface area contributed by atoms with E-state index in [0.29, 0.717) is 11.3 Å². The minimum absolute atomic E-state index is 0.0552. The molecule has 1 N–H and O–H groups in total. The van der Waals surface area contributed by atoms with Crippen LogP contribution in [0, 0.1) is 11.3 Å². The molecule has 1 atom stereocenters. The highest BCUT2D eigenvalue weighted by Gasteiger charge is 2.20. The maximum absolute atomic E-state index is 12.1. The highest BCUT2D eigenvalue weighted by molar-refractivity contribution is 7.10. The Morgan fingerprint density at radius 1 is 1.29 bits per heavy atom. The normalized spacial score (nSPS) is 11.2. The quantitative estimate of drug-likeness (QED) is 0.779. The van der Waals surface area contributed by atoms with Crippen LogP contribution < -0.4 is 10.1 Å². The van der Waals surface area contributed by atoms with E-state index in [2.05, 4.69) is 10.1 Å². The van der Waals surface area contributed by atoms with Crippen LogP contribution in [0.5, 0.6) is 5.75 Å². The second kappa shape index (κ2) is 8.70. The average Bonchev–Trinajstić information content (AvgIpc) is 3.14. The third kappa shape index (κ3) is 5.11. The summed E-state index contributed by atoms with van der Waals surface area (Å²) >= 11 is 1.45. The van der Waals surface area contributed by atoms with Gasteiger partial charge in [0.05, 0.1) is 31.2 Å². The van der Waals surface area contributed by atoms with Crippen LogP contribution in [-0.4, -0.2) is 25.6 Å². The van der Waals surface area contributed by atoms with Crippen molar-refractivity contribution in [2.75, 3.05) is 13.7 Å². The minimum Gasteiger partial charge on any atom is -0.484 e. The van der Waals surface area contributed by atoms with Gasteiger partial charge in [-0.15, -0.1) is 11.3 Å². The van der Waals surface area contributed by atoms with E-state index in [1.165, 1.54) is 18.4 Å². The number of ether oxygens (including phenoxy) is 2. The zero-order chi connectivity index (χ0) is 17.4. The molecule has 24 heavy (non-hydrogen) atoms. The molecule has 0 unspecified atom stereocenters. The van der Waals surface area contributed by atoms with Crippen LogP contribution in [0.3, 0.4) is 0 Å². The number of hydrogen-bond acceptors (Lipinski definition) is 6. The summed E-state index contributed by atoms with van der Waals surface area (Å²) in [4.78, 5) is 24.5. The fourth-order valence-corrected chi connectivity index (χ4v) is 2.75. The van der Waals surface area contributed by atoms with Gasteiger partial charge in [0.2, 0.25) is 0 Å². The fourth-order valence-electron chi connectivity index (χ4n) is 1.97. The molecule has 124 valence electrons. The van der Waals surface area contributed by atoms with Crippen LogP contribution in [-0.2, 0) is 14.3 Å². The maximum atomic E-state index is 12.1. The number of amides is 1. The van der Waals surface area contributed by atoms with E-state index in [4.69, 9.17) is 10.00 Å². The molecule has 1 heterocycles. The molecule has 0 saturated heterocycles. The van der Waals surface area contributed by atoms with Crippen LogP contribution in [0.1, 0.15) is 22.9 Å². The molecular formula is C17H16N2O4S. The summed E-state index contributed by atoms with van der Waals surface area (Å²) in [7, 11) is 1.31. The van der Waals surface area contributed by atoms with Crippen LogP contribution in [0.25, 0.3) is 0 Å². The van der Waals surface area contributed by atoms with Crippen molar-refractivity contribution >= 4 is 23.2 Å². The summed E-state index contributed by atoms with van der Waals surface area (Å²) in [6.45, 7) is -0.186. The molecule has 0 aliphatic heterocycles. The molecule has 6 nitrogen and oxygen atoms in total. The SMILES string of the molecule is COC(=O)C[C@H](NC(=O)COc1ccc(C#N)cc1)c1cccs1. The van der Waals surface area contributed by atoms with Crippen LogP contribution in [0.4, 0.5) is 0 Å². The molecule has 0 fully saturated rings. The topological polar surface area (TPSA) is 88.4 Å². The second-order valence-corrected chi connectivity index (χ2v) is 5.82. The van der Waals surface area contributed by atoms with Crippen molar-refractivity contribution in [1.82, 2.24) is 5.32 Å². The zero-order valence-corrected chi connectivity index (χ0v) is 13.8. The van der Waals surface area contributed by atoms with Crippen molar-refractivity contribution in [1.29, 1.82) is 5.26 Å². The molecule has 2 aromatic rings. The standard InChI is InChI=1S/C17H16N2O4S/c1-22-17(21)9-14(15-3-2-8-24-15)19-16(20)11-23-13-6-4-12(10-18)5-7-13/h2-8,14H,9,11H2,1H3,(H,19,20)/t14-/m0/s1. The summed E-state index contributed by atoms with van der Waals surface area (Å²) in [6, 6.07) is 11.7. The first kappa shape index (κ1) is 17.5. The Balaban J connectivity index is 1.92. The van der Waals surface area contributed by atoms with Gasteiger partial charge in [0, 0.05) is 4.88 Å². The number of thiophene rings is 1. The average molecular weight is 344 g/mol. The Morgan fingerprint density at radius 3 is 2.62 bits per heavy atom. The first-order chi connectivity index (χ1) is 11.6. The number of nitrogens with one attached hydrogen (secondary N) is 1. The van der Waals surface area contributed by atoms with Gasteiger partial charge >= 0.3 is 5.97 Å². The van der Waals surface area contributed by atoms with Crippen molar-refractivity contribution in [2.24, 2.45) is 0 Å². The lowest BCUT2D eigenvalue weighted by atomic mass is 10.1. The van der Waals surface area contributed by atoms with E-state index in [9.17, 15) is 9.59 Å². The number of hydrogen-bond donors (Lipinski definition) is 1. The summed E-state index contributed by atoms with van der Waals surface area (Å²) < 4.78 is 10.1. The Labute approximate surface area is 143 Å². The minimum atomic E-state index is -0.450. The number of carbonyl (C=O) groups excluding carboxylic acids is 2. The summed E-state index contributed by atoms with van der Waals surface area (Å²) in [5.41, 5.74) is 0.516. The monoisotopic (exact) mass is 344 g/mol. The van der Waals surface area contributed by atoms with Gasteiger partial charge in [-0.2, -0.15) is 5.26 Å².